The lowest BCUT2D eigenvalue weighted by atomic mass is 9.98. The van der Waals surface area contributed by atoms with Crippen LogP contribution in [-0.4, -0.2) is 22.9 Å². The molecule has 0 spiro atoms. The van der Waals surface area contributed by atoms with Gasteiger partial charge in [-0.1, -0.05) is 68.4 Å². The van der Waals surface area contributed by atoms with Crippen molar-refractivity contribution in [2.45, 2.75) is 45.8 Å². The fourth-order valence-electron chi connectivity index (χ4n) is 4.01. The summed E-state index contributed by atoms with van der Waals surface area (Å²) < 4.78 is 12.9. The van der Waals surface area contributed by atoms with Crippen LogP contribution in [0.15, 0.2) is 72.8 Å². The molecule has 1 unspecified atom stereocenters. The van der Waals surface area contributed by atoms with Gasteiger partial charge < -0.3 is 9.47 Å². The molecule has 1 atom stereocenters. The summed E-state index contributed by atoms with van der Waals surface area (Å²) in [6, 6.07) is 24.7. The molecule has 5 heteroatoms. The lowest BCUT2D eigenvalue weighted by Crippen LogP contribution is -2.06. The number of hydrogen-bond donors (Lipinski definition) is 0. The number of nitrogens with zero attached hydrogens (tertiary/aromatic N) is 2. The molecule has 4 aromatic rings. The van der Waals surface area contributed by atoms with Gasteiger partial charge in [0.15, 0.2) is 0 Å². The first-order valence-electron chi connectivity index (χ1n) is 11.4. The Bertz CT molecular complexity index is 1210. The summed E-state index contributed by atoms with van der Waals surface area (Å²) in [4.78, 5) is 11.5. The average molecular weight is 443 g/mol. The summed E-state index contributed by atoms with van der Waals surface area (Å²) >= 11 is 0. The van der Waals surface area contributed by atoms with E-state index in [0.29, 0.717) is 13.0 Å². The number of carbonyl (C=O) groups excluding carboxylic acids is 1. The molecule has 4 rings (SSSR count). The van der Waals surface area contributed by atoms with E-state index in [9.17, 15) is 4.79 Å². The van der Waals surface area contributed by atoms with E-state index in [1.807, 2.05) is 49.4 Å². The van der Waals surface area contributed by atoms with Crippen LogP contribution in [0.3, 0.4) is 0 Å². The van der Waals surface area contributed by atoms with Crippen LogP contribution in [0.25, 0.3) is 22.2 Å². The molecule has 0 bridgehead atoms. The van der Waals surface area contributed by atoms with Crippen molar-refractivity contribution >= 4 is 16.9 Å². The first-order chi connectivity index (χ1) is 16.1. The highest BCUT2D eigenvalue weighted by molar-refractivity contribution is 5.93. The van der Waals surface area contributed by atoms with Crippen molar-refractivity contribution in [2.24, 2.45) is 0 Å². The average Bonchev–Trinajstić information content (AvgIpc) is 3.21. The number of aromatic nitrogens is 2. The Balaban J connectivity index is 1.50. The van der Waals surface area contributed by atoms with Gasteiger partial charge in [0.05, 0.1) is 19.0 Å². The normalized spacial score (nSPS) is 12.0. The van der Waals surface area contributed by atoms with Gasteiger partial charge in [0, 0.05) is 17.5 Å². The Morgan fingerprint density at radius 2 is 1.79 bits per heavy atom. The lowest BCUT2D eigenvalue weighted by Gasteiger charge is -2.12. The minimum Gasteiger partial charge on any atom is -0.489 e. The van der Waals surface area contributed by atoms with Crippen LogP contribution in [0.4, 0.5) is 0 Å². The van der Waals surface area contributed by atoms with E-state index in [4.69, 9.17) is 14.6 Å². The Morgan fingerprint density at radius 1 is 1.03 bits per heavy atom. The third kappa shape index (κ3) is 5.25. The molecule has 0 aliphatic rings. The van der Waals surface area contributed by atoms with Crippen LogP contribution < -0.4 is 4.74 Å². The van der Waals surface area contributed by atoms with E-state index >= 15 is 0 Å². The molecule has 5 nitrogen and oxygen atoms in total. The van der Waals surface area contributed by atoms with Gasteiger partial charge in [-0.3, -0.25) is 9.48 Å². The smallest absolute Gasteiger partial charge is 0.306 e. The Morgan fingerprint density at radius 3 is 2.48 bits per heavy atom. The number of benzene rings is 3. The number of rotatable bonds is 9. The van der Waals surface area contributed by atoms with Crippen molar-refractivity contribution in [3.8, 4) is 17.0 Å². The molecule has 170 valence electrons. The summed E-state index contributed by atoms with van der Waals surface area (Å²) in [5.41, 5.74) is 5.46. The molecule has 0 saturated heterocycles. The van der Waals surface area contributed by atoms with Gasteiger partial charge in [-0.15, -0.1) is 0 Å². The largest absolute Gasteiger partial charge is 0.489 e. The van der Waals surface area contributed by atoms with Gasteiger partial charge >= 0.3 is 5.97 Å². The zero-order valence-electron chi connectivity index (χ0n) is 19.5. The highest BCUT2D eigenvalue weighted by atomic mass is 16.5. The summed E-state index contributed by atoms with van der Waals surface area (Å²) in [6.07, 6.45) is 1.39. The summed E-state index contributed by atoms with van der Waals surface area (Å²) in [7, 11) is 1.42. The van der Waals surface area contributed by atoms with Crippen LogP contribution in [-0.2, 0) is 22.7 Å². The summed E-state index contributed by atoms with van der Waals surface area (Å²) in [5, 5.41) is 6.06. The Hall–Kier alpha value is -3.60. The van der Waals surface area contributed by atoms with Gasteiger partial charge in [-0.25, -0.2) is 0 Å². The minimum absolute atomic E-state index is 0.103. The predicted molar refractivity (Wildman–Crippen MR) is 131 cm³/mol. The molecular formula is C28H30N2O3. The highest BCUT2D eigenvalue weighted by Gasteiger charge is 2.14. The number of esters is 1. The molecule has 0 N–H and O–H groups in total. The molecule has 0 saturated carbocycles. The number of carbonyl (C=O) groups is 1. The van der Waals surface area contributed by atoms with Crippen molar-refractivity contribution in [3.63, 3.8) is 0 Å². The zero-order chi connectivity index (χ0) is 23.2. The maximum absolute atomic E-state index is 11.5. The van der Waals surface area contributed by atoms with Gasteiger partial charge in [0.1, 0.15) is 18.1 Å². The minimum atomic E-state index is -0.198. The van der Waals surface area contributed by atoms with E-state index in [-0.39, 0.29) is 11.9 Å². The van der Waals surface area contributed by atoms with Crippen LogP contribution in [0.5, 0.6) is 5.75 Å². The van der Waals surface area contributed by atoms with Gasteiger partial charge in [-0.05, 0) is 41.7 Å². The zero-order valence-corrected chi connectivity index (χ0v) is 19.5. The second kappa shape index (κ2) is 10.3. The summed E-state index contributed by atoms with van der Waals surface area (Å²) in [5.74, 6) is 0.707. The standard InChI is InChI=1S/C28H30N2O3/c1-4-16-30-26-18-21(10-15-25(26)28(29-30)23-8-6-5-7-9-23)19-33-24-13-11-22(12-14-24)20(2)17-27(31)32-3/h5-15,18,20H,4,16-17,19H2,1-3H3. The maximum Gasteiger partial charge on any atom is 0.306 e. The van der Waals surface area contributed by atoms with Gasteiger partial charge in [0.25, 0.3) is 0 Å². The molecule has 33 heavy (non-hydrogen) atoms. The molecule has 1 aromatic heterocycles. The second-order valence-corrected chi connectivity index (χ2v) is 8.33. The van der Waals surface area contributed by atoms with E-state index in [0.717, 1.165) is 52.0 Å². The third-order valence-corrected chi connectivity index (χ3v) is 5.85. The SMILES string of the molecule is CCCn1nc(-c2ccccc2)c2ccc(COc3ccc(C(C)CC(=O)OC)cc3)cc21. The van der Waals surface area contributed by atoms with Crippen molar-refractivity contribution in [1.29, 1.82) is 0 Å². The first kappa shape index (κ1) is 22.6. The van der Waals surface area contributed by atoms with E-state index in [1.165, 1.54) is 7.11 Å². The van der Waals surface area contributed by atoms with Gasteiger partial charge in [-0.2, -0.15) is 5.10 Å². The number of aryl methyl sites for hydroxylation is 1. The number of hydrogen-bond acceptors (Lipinski definition) is 4. The molecule has 0 fully saturated rings. The monoisotopic (exact) mass is 442 g/mol. The highest BCUT2D eigenvalue weighted by Crippen LogP contribution is 2.29. The number of methoxy groups -OCH3 is 1. The van der Waals surface area contributed by atoms with Crippen LogP contribution in [0.2, 0.25) is 0 Å². The van der Waals surface area contributed by atoms with Crippen molar-refractivity contribution in [2.75, 3.05) is 7.11 Å². The molecule has 1 heterocycles. The van der Waals surface area contributed by atoms with E-state index in [2.05, 4.69) is 41.9 Å². The molecule has 3 aromatic carbocycles. The topological polar surface area (TPSA) is 53.4 Å². The third-order valence-electron chi connectivity index (χ3n) is 5.85. The van der Waals surface area contributed by atoms with Crippen molar-refractivity contribution < 1.29 is 14.3 Å². The molecule has 0 amide bonds. The maximum atomic E-state index is 11.5. The summed E-state index contributed by atoms with van der Waals surface area (Å²) in [6.45, 7) is 5.54. The van der Waals surface area contributed by atoms with Crippen LogP contribution in [0.1, 0.15) is 43.7 Å². The second-order valence-electron chi connectivity index (χ2n) is 8.33. The van der Waals surface area contributed by atoms with E-state index < -0.39 is 0 Å². The molecule has 0 aliphatic heterocycles. The first-order valence-corrected chi connectivity index (χ1v) is 11.4. The molecule has 0 aliphatic carbocycles. The Kier molecular flexibility index (Phi) is 7.08. The quantitative estimate of drug-likeness (QED) is 0.283. The number of ether oxygens (including phenoxy) is 2. The van der Waals surface area contributed by atoms with Crippen molar-refractivity contribution in [1.82, 2.24) is 9.78 Å². The predicted octanol–water partition coefficient (Wildman–Crippen LogP) is 6.36. The van der Waals surface area contributed by atoms with Crippen molar-refractivity contribution in [3.05, 3.63) is 83.9 Å². The Labute approximate surface area is 195 Å². The molecule has 0 radical (unpaired) electrons. The van der Waals surface area contributed by atoms with E-state index in [1.54, 1.807) is 0 Å². The fourth-order valence-corrected chi connectivity index (χ4v) is 4.01. The van der Waals surface area contributed by atoms with Gasteiger partial charge in [0.2, 0.25) is 0 Å². The number of fused-ring (bicyclic) bond motifs is 1. The van der Waals surface area contributed by atoms with Crippen LogP contribution >= 0.6 is 0 Å². The lowest BCUT2D eigenvalue weighted by molar-refractivity contribution is -0.140. The van der Waals surface area contributed by atoms with Crippen LogP contribution in [0, 0.1) is 0 Å². The molecular weight excluding hydrogens is 412 g/mol. The fraction of sp³-hybridized carbons (Fsp3) is 0.286.